The Kier molecular flexibility index (Phi) is 9.37. The van der Waals surface area contributed by atoms with Gasteiger partial charge in [0.1, 0.15) is 5.75 Å². The number of rotatable bonds is 10. The van der Waals surface area contributed by atoms with Crippen molar-refractivity contribution in [2.24, 2.45) is 0 Å². The maximum atomic E-state index is 13.7. The minimum atomic E-state index is -4.07. The number of carbonyl (C=O) groups is 2. The molecule has 0 aromatic heterocycles. The van der Waals surface area contributed by atoms with Crippen molar-refractivity contribution >= 4 is 27.5 Å². The quantitative estimate of drug-likeness (QED) is 0.281. The van der Waals surface area contributed by atoms with Crippen LogP contribution in [-0.4, -0.2) is 85.3 Å². The topological polar surface area (TPSA) is 119 Å². The summed E-state index contributed by atoms with van der Waals surface area (Å²) in [7, 11) is -4.07. The van der Waals surface area contributed by atoms with Crippen molar-refractivity contribution < 1.29 is 28.0 Å². The van der Waals surface area contributed by atoms with E-state index in [9.17, 15) is 23.2 Å². The van der Waals surface area contributed by atoms with Crippen LogP contribution in [0.15, 0.2) is 24.3 Å². The number of nitrogens with zero attached hydrogens (tertiary/aromatic N) is 3. The summed E-state index contributed by atoms with van der Waals surface area (Å²) in [6.45, 7) is 6.45. The third kappa shape index (κ3) is 5.90. The predicted octanol–water partition coefficient (Wildman–Crippen LogP) is 1.98. The molecule has 2 aliphatic rings. The van der Waals surface area contributed by atoms with Crippen molar-refractivity contribution in [3.63, 3.8) is 0 Å². The normalized spacial score (nSPS) is 18.8. The second-order valence-electron chi connectivity index (χ2n) is 9.15. The molecule has 2 saturated heterocycles. The Bertz CT molecular complexity index is 953. The van der Waals surface area contributed by atoms with Gasteiger partial charge < -0.3 is 14.5 Å². The monoisotopic (exact) mass is 510 g/mol. The fraction of sp³-hybridized carbons (Fsp3) is 0.667. The summed E-state index contributed by atoms with van der Waals surface area (Å²) in [6.07, 6.45) is 3.07. The first-order valence-electron chi connectivity index (χ1n) is 12.5. The molecule has 11 heteroatoms. The number of hydrogen-bond donors (Lipinski definition) is 2. The number of anilines is 1. The molecule has 0 bridgehead atoms. The number of carbonyl (C=O) groups excluding carboxylic acids is 2. The zero-order chi connectivity index (χ0) is 25.5. The smallest absolute Gasteiger partial charge is 0.266 e. The summed E-state index contributed by atoms with van der Waals surface area (Å²) in [5.41, 5.74) is 2.56. The number of hydrogen-bond acceptors (Lipinski definition) is 7. The fourth-order valence-electron chi connectivity index (χ4n) is 4.71. The van der Waals surface area contributed by atoms with Gasteiger partial charge in [0.25, 0.3) is 5.91 Å². The highest BCUT2D eigenvalue weighted by molar-refractivity contribution is 7.91. The Morgan fingerprint density at radius 3 is 2.17 bits per heavy atom. The van der Waals surface area contributed by atoms with E-state index in [0.717, 1.165) is 24.3 Å². The molecule has 35 heavy (non-hydrogen) atoms. The van der Waals surface area contributed by atoms with E-state index < -0.39 is 20.7 Å². The van der Waals surface area contributed by atoms with Crippen LogP contribution in [0.5, 0.6) is 5.75 Å². The Morgan fingerprint density at radius 2 is 1.63 bits per heavy atom. The molecule has 0 unspecified atom stereocenters. The molecule has 1 aromatic carbocycles. The Morgan fingerprint density at radius 1 is 1.00 bits per heavy atom. The van der Waals surface area contributed by atoms with Crippen molar-refractivity contribution in [3.05, 3.63) is 24.3 Å². The van der Waals surface area contributed by atoms with Gasteiger partial charge >= 0.3 is 0 Å². The Hall–Kier alpha value is -2.37. The fourth-order valence-corrected chi connectivity index (χ4v) is 6.83. The first-order chi connectivity index (χ1) is 16.8. The van der Waals surface area contributed by atoms with E-state index in [1.165, 1.54) is 4.31 Å². The van der Waals surface area contributed by atoms with Gasteiger partial charge in [-0.1, -0.05) is 20.3 Å². The molecule has 2 aliphatic heterocycles. The molecule has 0 aliphatic carbocycles. The number of likely N-dealkylation sites (tertiary alicyclic amines) is 1. The lowest BCUT2D eigenvalue weighted by atomic mass is 9.94. The second kappa shape index (κ2) is 12.0. The first-order valence-corrected chi connectivity index (χ1v) is 13.9. The number of piperazine rings is 1. The van der Waals surface area contributed by atoms with E-state index in [1.807, 2.05) is 31.2 Å². The second-order valence-corrected chi connectivity index (χ2v) is 11.4. The highest BCUT2D eigenvalue weighted by Gasteiger charge is 2.55. The third-order valence-corrected chi connectivity index (χ3v) is 9.57. The number of sulfonamides is 1. The summed E-state index contributed by atoms with van der Waals surface area (Å²) in [4.78, 5) is 28.7. The number of amides is 2. The number of unbranched alkanes of at least 4 members (excludes halogenated alkanes) is 1. The van der Waals surface area contributed by atoms with Crippen LogP contribution in [0.3, 0.4) is 0 Å². The van der Waals surface area contributed by atoms with Gasteiger partial charge in [-0.3, -0.25) is 14.8 Å². The molecule has 10 nitrogen and oxygen atoms in total. The molecule has 2 heterocycles. The summed E-state index contributed by atoms with van der Waals surface area (Å²) in [5.74, 6) is -0.163. The van der Waals surface area contributed by atoms with Crippen molar-refractivity contribution in [3.8, 4) is 5.75 Å². The van der Waals surface area contributed by atoms with Crippen molar-refractivity contribution in [1.29, 1.82) is 0 Å². The number of nitrogens with one attached hydrogen (secondary N) is 1. The van der Waals surface area contributed by atoms with Gasteiger partial charge in [0, 0.05) is 51.4 Å². The van der Waals surface area contributed by atoms with E-state index >= 15 is 0 Å². The zero-order valence-corrected chi connectivity index (χ0v) is 21.6. The lowest BCUT2D eigenvalue weighted by Gasteiger charge is -2.44. The van der Waals surface area contributed by atoms with E-state index in [2.05, 4.69) is 11.8 Å². The third-order valence-electron chi connectivity index (χ3n) is 6.94. The van der Waals surface area contributed by atoms with Crippen LogP contribution >= 0.6 is 0 Å². The lowest BCUT2D eigenvalue weighted by molar-refractivity contribution is -0.138. The van der Waals surface area contributed by atoms with Crippen LogP contribution in [-0.2, 0) is 19.6 Å². The van der Waals surface area contributed by atoms with Crippen LogP contribution in [0.4, 0.5) is 5.69 Å². The molecule has 0 radical (unpaired) electrons. The van der Waals surface area contributed by atoms with E-state index in [-0.39, 0.29) is 44.9 Å². The van der Waals surface area contributed by atoms with Crippen LogP contribution in [0.25, 0.3) is 0 Å². The van der Waals surface area contributed by atoms with E-state index in [1.54, 1.807) is 10.4 Å². The SMILES string of the molecule is CCCCOc1ccc(N2CCN(S(=O)(=O)C3(C(=O)NO)CCN(C(=O)CCC)CC3)CC2)cc1. The molecule has 3 rings (SSSR count). The molecule has 2 fully saturated rings. The molecular weight excluding hydrogens is 472 g/mol. The molecule has 196 valence electrons. The summed E-state index contributed by atoms with van der Waals surface area (Å²) in [5, 5.41) is 9.37. The Balaban J connectivity index is 1.66. The maximum absolute atomic E-state index is 13.7. The summed E-state index contributed by atoms with van der Waals surface area (Å²) >= 11 is 0. The van der Waals surface area contributed by atoms with Gasteiger partial charge in [0.05, 0.1) is 6.61 Å². The number of ether oxygens (including phenoxy) is 1. The van der Waals surface area contributed by atoms with E-state index in [4.69, 9.17) is 4.74 Å². The number of benzene rings is 1. The average molecular weight is 511 g/mol. The van der Waals surface area contributed by atoms with Crippen molar-refractivity contribution in [2.75, 3.05) is 50.8 Å². The standard InChI is InChI=1S/C24H38N4O6S/c1-3-5-19-34-21-9-7-20(8-10-21)26-15-17-28(18-16-26)35(32,33)24(23(30)25-31)11-13-27(14-12-24)22(29)6-4-2/h7-10,31H,3-6,11-19H2,1-2H3,(H,25,30). The minimum absolute atomic E-state index is 0.0432. The summed E-state index contributed by atoms with van der Waals surface area (Å²) in [6, 6.07) is 7.77. The van der Waals surface area contributed by atoms with Crippen molar-refractivity contribution in [1.82, 2.24) is 14.7 Å². The molecule has 1 aromatic rings. The zero-order valence-electron chi connectivity index (χ0n) is 20.7. The van der Waals surface area contributed by atoms with E-state index in [0.29, 0.717) is 32.5 Å². The molecule has 0 spiro atoms. The van der Waals surface area contributed by atoms with Gasteiger partial charge in [0.2, 0.25) is 15.9 Å². The highest BCUT2D eigenvalue weighted by atomic mass is 32.2. The average Bonchev–Trinajstić information content (AvgIpc) is 2.89. The minimum Gasteiger partial charge on any atom is -0.494 e. The molecular formula is C24H38N4O6S. The van der Waals surface area contributed by atoms with Crippen molar-refractivity contribution in [2.45, 2.75) is 57.1 Å². The number of hydroxylamine groups is 1. The van der Waals surface area contributed by atoms with Gasteiger partial charge in [-0.25, -0.2) is 13.9 Å². The molecule has 0 saturated carbocycles. The predicted molar refractivity (Wildman–Crippen MR) is 133 cm³/mol. The maximum Gasteiger partial charge on any atom is 0.266 e. The largest absolute Gasteiger partial charge is 0.494 e. The highest BCUT2D eigenvalue weighted by Crippen LogP contribution is 2.35. The molecule has 2 N–H and O–H groups in total. The Labute approximate surface area is 208 Å². The number of piperidine rings is 1. The lowest BCUT2D eigenvalue weighted by Crippen LogP contribution is -2.64. The van der Waals surface area contributed by atoms with Gasteiger partial charge in [-0.05, 0) is 49.9 Å². The van der Waals surface area contributed by atoms with Crippen LogP contribution in [0, 0.1) is 0 Å². The van der Waals surface area contributed by atoms with Crippen LogP contribution in [0.2, 0.25) is 0 Å². The first kappa shape index (κ1) is 27.2. The molecule has 2 amide bonds. The van der Waals surface area contributed by atoms with Crippen LogP contribution < -0.4 is 15.1 Å². The summed E-state index contributed by atoms with van der Waals surface area (Å²) < 4.78 is 32.7. The van der Waals surface area contributed by atoms with Gasteiger partial charge in [-0.2, -0.15) is 4.31 Å². The molecule has 0 atom stereocenters. The van der Waals surface area contributed by atoms with Gasteiger partial charge in [-0.15, -0.1) is 0 Å². The van der Waals surface area contributed by atoms with Gasteiger partial charge in [0.15, 0.2) is 4.75 Å². The van der Waals surface area contributed by atoms with Crippen LogP contribution in [0.1, 0.15) is 52.4 Å².